The molecule has 5 rings (SSSR count). The number of alkyl carbamates (subject to hydrolysis) is 1. The summed E-state index contributed by atoms with van der Waals surface area (Å²) in [7, 11) is 0. The normalized spacial score (nSPS) is 22.5. The zero-order valence-corrected chi connectivity index (χ0v) is 23.1. The van der Waals surface area contributed by atoms with Gasteiger partial charge >= 0.3 is 6.09 Å². The van der Waals surface area contributed by atoms with E-state index in [0.29, 0.717) is 48.6 Å². The summed E-state index contributed by atoms with van der Waals surface area (Å²) in [5, 5.41) is 5.87. The van der Waals surface area contributed by atoms with Gasteiger partial charge < -0.3 is 20.3 Å². The first-order chi connectivity index (χ1) is 18.6. The fourth-order valence-electron chi connectivity index (χ4n) is 6.09. The van der Waals surface area contributed by atoms with E-state index in [2.05, 4.69) is 34.9 Å². The standard InChI is InChI=1S/C32H39N3O4/c1-32(2,3)39-31(38)33-20-22-6-4-7-24(17-22)23-12-14-35(15-13-23)30(37)26-8-5-9-27(19-26)34-29(36)28-18-21-10-11-25(28)16-21/h4-11,17,19,21,23,25,28H,12-16,18,20H2,1-3H3,(H,33,38)(H,34,36). The van der Waals surface area contributed by atoms with E-state index in [4.69, 9.17) is 4.74 Å². The van der Waals surface area contributed by atoms with E-state index in [1.54, 1.807) is 6.07 Å². The molecule has 2 bridgehead atoms. The summed E-state index contributed by atoms with van der Waals surface area (Å²) in [6.45, 7) is 7.30. The molecule has 1 saturated heterocycles. The van der Waals surface area contributed by atoms with Gasteiger partial charge in [-0.25, -0.2) is 4.79 Å². The number of carbonyl (C=O) groups excluding carboxylic acids is 3. The number of ether oxygens (including phenoxy) is 1. The van der Waals surface area contributed by atoms with Crippen LogP contribution in [-0.4, -0.2) is 41.5 Å². The van der Waals surface area contributed by atoms with Gasteiger partial charge in [0.15, 0.2) is 0 Å². The number of allylic oxidation sites excluding steroid dienone is 2. The molecule has 3 atom stereocenters. The third-order valence-electron chi connectivity index (χ3n) is 8.03. The fraction of sp³-hybridized carbons (Fsp3) is 0.469. The number of likely N-dealkylation sites (tertiary alicyclic amines) is 1. The van der Waals surface area contributed by atoms with Crippen molar-refractivity contribution in [2.45, 2.75) is 64.5 Å². The number of nitrogens with zero attached hydrogens (tertiary/aromatic N) is 1. The van der Waals surface area contributed by atoms with Crippen LogP contribution in [0, 0.1) is 17.8 Å². The molecule has 2 N–H and O–H groups in total. The summed E-state index contributed by atoms with van der Waals surface area (Å²) in [4.78, 5) is 40.1. The highest BCUT2D eigenvalue weighted by molar-refractivity contribution is 5.98. The number of nitrogens with one attached hydrogen (secondary N) is 2. The van der Waals surface area contributed by atoms with Gasteiger partial charge in [-0.05, 0) is 93.5 Å². The monoisotopic (exact) mass is 529 g/mol. The van der Waals surface area contributed by atoms with Crippen molar-refractivity contribution in [3.8, 4) is 0 Å². The second-order valence-corrected chi connectivity index (χ2v) is 12.1. The Kier molecular flexibility index (Phi) is 7.78. The third kappa shape index (κ3) is 6.70. The van der Waals surface area contributed by atoms with Crippen LogP contribution in [0.15, 0.2) is 60.7 Å². The highest BCUT2D eigenvalue weighted by Gasteiger charge is 2.39. The van der Waals surface area contributed by atoms with Crippen LogP contribution in [0.5, 0.6) is 0 Å². The molecule has 39 heavy (non-hydrogen) atoms. The number of hydrogen-bond donors (Lipinski definition) is 2. The molecule has 7 nitrogen and oxygen atoms in total. The van der Waals surface area contributed by atoms with Crippen molar-refractivity contribution in [1.82, 2.24) is 10.2 Å². The highest BCUT2D eigenvalue weighted by atomic mass is 16.6. The quantitative estimate of drug-likeness (QED) is 0.458. The maximum Gasteiger partial charge on any atom is 0.407 e. The van der Waals surface area contributed by atoms with Gasteiger partial charge in [0, 0.05) is 36.8 Å². The summed E-state index contributed by atoms with van der Waals surface area (Å²) >= 11 is 0. The van der Waals surface area contributed by atoms with Gasteiger partial charge in [-0.1, -0.05) is 42.5 Å². The summed E-state index contributed by atoms with van der Waals surface area (Å²) < 4.78 is 5.33. The first-order valence-corrected chi connectivity index (χ1v) is 14.1. The molecule has 2 aromatic rings. The van der Waals surface area contributed by atoms with Gasteiger partial charge in [0.1, 0.15) is 5.60 Å². The van der Waals surface area contributed by atoms with Crippen LogP contribution in [0.2, 0.25) is 0 Å². The molecular weight excluding hydrogens is 490 g/mol. The molecule has 3 unspecified atom stereocenters. The molecule has 1 aliphatic heterocycles. The number of piperidine rings is 1. The molecule has 0 radical (unpaired) electrons. The molecule has 3 amide bonds. The van der Waals surface area contributed by atoms with Crippen molar-refractivity contribution in [1.29, 1.82) is 0 Å². The lowest BCUT2D eigenvalue weighted by Gasteiger charge is -2.32. The zero-order chi connectivity index (χ0) is 27.6. The lowest BCUT2D eigenvalue weighted by molar-refractivity contribution is -0.120. The maximum atomic E-state index is 13.3. The molecule has 0 spiro atoms. The second-order valence-electron chi connectivity index (χ2n) is 12.1. The van der Waals surface area contributed by atoms with E-state index < -0.39 is 11.7 Å². The van der Waals surface area contributed by atoms with Gasteiger partial charge in [-0.3, -0.25) is 9.59 Å². The van der Waals surface area contributed by atoms with Crippen LogP contribution < -0.4 is 10.6 Å². The third-order valence-corrected chi connectivity index (χ3v) is 8.03. The molecule has 206 valence electrons. The van der Waals surface area contributed by atoms with E-state index in [-0.39, 0.29) is 17.7 Å². The van der Waals surface area contributed by atoms with Gasteiger partial charge in [0.05, 0.1) is 0 Å². The molecule has 3 aliphatic rings. The number of hydrogen-bond acceptors (Lipinski definition) is 4. The molecule has 2 aromatic carbocycles. The van der Waals surface area contributed by atoms with Crippen LogP contribution in [0.4, 0.5) is 10.5 Å². The summed E-state index contributed by atoms with van der Waals surface area (Å²) in [5.74, 6) is 1.34. The summed E-state index contributed by atoms with van der Waals surface area (Å²) in [6.07, 6.45) is 7.75. The lowest BCUT2D eigenvalue weighted by Crippen LogP contribution is -2.38. The first kappa shape index (κ1) is 27.0. The lowest BCUT2D eigenvalue weighted by atomic mass is 9.88. The second kappa shape index (κ2) is 11.2. The predicted octanol–water partition coefficient (Wildman–Crippen LogP) is 5.88. The van der Waals surface area contributed by atoms with Crippen molar-refractivity contribution in [2.75, 3.05) is 18.4 Å². The highest BCUT2D eigenvalue weighted by Crippen LogP contribution is 2.43. The Morgan fingerprint density at radius 2 is 1.74 bits per heavy atom. The Morgan fingerprint density at radius 1 is 0.974 bits per heavy atom. The van der Waals surface area contributed by atoms with E-state index in [1.165, 1.54) is 5.56 Å². The summed E-state index contributed by atoms with van der Waals surface area (Å²) in [5.41, 5.74) is 3.01. The van der Waals surface area contributed by atoms with Crippen LogP contribution in [0.25, 0.3) is 0 Å². The van der Waals surface area contributed by atoms with Crippen molar-refractivity contribution in [2.24, 2.45) is 17.8 Å². The smallest absolute Gasteiger partial charge is 0.407 e. The van der Waals surface area contributed by atoms with Crippen LogP contribution in [0.1, 0.15) is 73.9 Å². The van der Waals surface area contributed by atoms with Crippen LogP contribution in [0.3, 0.4) is 0 Å². The Hall–Kier alpha value is -3.61. The van der Waals surface area contributed by atoms with E-state index in [9.17, 15) is 14.4 Å². The molecule has 1 saturated carbocycles. The predicted molar refractivity (Wildman–Crippen MR) is 151 cm³/mol. The minimum atomic E-state index is -0.528. The molecular formula is C32H39N3O4. The zero-order valence-electron chi connectivity index (χ0n) is 23.1. The van der Waals surface area contributed by atoms with Crippen molar-refractivity contribution in [3.05, 3.63) is 77.4 Å². The van der Waals surface area contributed by atoms with E-state index in [0.717, 1.165) is 31.2 Å². The van der Waals surface area contributed by atoms with Gasteiger partial charge in [-0.15, -0.1) is 0 Å². The SMILES string of the molecule is CC(C)(C)OC(=O)NCc1cccc(C2CCN(C(=O)c3cccc(NC(=O)C4CC5C=CC4C5)c3)CC2)c1. The first-order valence-electron chi connectivity index (χ1n) is 14.1. The van der Waals surface area contributed by atoms with Crippen molar-refractivity contribution in [3.63, 3.8) is 0 Å². The number of carbonyl (C=O) groups is 3. The van der Waals surface area contributed by atoms with Gasteiger partial charge in [0.2, 0.25) is 5.91 Å². The largest absolute Gasteiger partial charge is 0.444 e. The topological polar surface area (TPSA) is 87.7 Å². The number of fused-ring (bicyclic) bond motifs is 2. The molecule has 1 heterocycles. The average Bonchev–Trinajstić information content (AvgIpc) is 3.55. The van der Waals surface area contributed by atoms with Crippen LogP contribution in [-0.2, 0) is 16.1 Å². The number of anilines is 1. The molecule has 0 aromatic heterocycles. The van der Waals surface area contributed by atoms with Crippen molar-refractivity contribution >= 4 is 23.6 Å². The fourth-order valence-corrected chi connectivity index (χ4v) is 6.09. The number of amides is 3. The Balaban J connectivity index is 1.13. The maximum absolute atomic E-state index is 13.3. The van der Waals surface area contributed by atoms with Gasteiger partial charge in [-0.2, -0.15) is 0 Å². The number of benzene rings is 2. The minimum Gasteiger partial charge on any atom is -0.444 e. The Labute approximate surface area is 231 Å². The van der Waals surface area contributed by atoms with E-state index in [1.807, 2.05) is 56.0 Å². The minimum absolute atomic E-state index is 0.00252. The Bertz CT molecular complexity index is 1260. The summed E-state index contributed by atoms with van der Waals surface area (Å²) in [6, 6.07) is 15.6. The van der Waals surface area contributed by atoms with Crippen LogP contribution >= 0.6 is 0 Å². The van der Waals surface area contributed by atoms with Gasteiger partial charge in [0.25, 0.3) is 5.91 Å². The number of rotatable bonds is 6. The Morgan fingerprint density at radius 3 is 2.44 bits per heavy atom. The van der Waals surface area contributed by atoms with Crippen molar-refractivity contribution < 1.29 is 19.1 Å². The molecule has 2 fully saturated rings. The molecule has 2 aliphatic carbocycles. The van der Waals surface area contributed by atoms with E-state index >= 15 is 0 Å². The average molecular weight is 530 g/mol. The molecule has 7 heteroatoms.